The van der Waals surface area contributed by atoms with Crippen LogP contribution in [0.5, 0.6) is 5.75 Å². The minimum Gasteiger partial charge on any atom is -0.497 e. The lowest BCUT2D eigenvalue weighted by molar-refractivity contribution is 0.152. The Bertz CT molecular complexity index is 956. The first-order valence-electron chi connectivity index (χ1n) is 9.66. The van der Waals surface area contributed by atoms with Crippen LogP contribution in [0.3, 0.4) is 0 Å². The fourth-order valence-electron chi connectivity index (χ4n) is 3.11. The van der Waals surface area contributed by atoms with Crippen LogP contribution in [0, 0.1) is 0 Å². The van der Waals surface area contributed by atoms with Crippen molar-refractivity contribution < 1.29 is 14.3 Å². The summed E-state index contributed by atoms with van der Waals surface area (Å²) in [4.78, 5) is 14.6. The number of hydrogen-bond donors (Lipinski definition) is 1. The van der Waals surface area contributed by atoms with Crippen molar-refractivity contribution >= 4 is 23.3 Å². The Morgan fingerprint density at radius 1 is 1.10 bits per heavy atom. The molecule has 0 aliphatic rings. The minimum atomic E-state index is -0.187. The second kappa shape index (κ2) is 10.7. The number of amides is 2. The van der Waals surface area contributed by atoms with Crippen LogP contribution < -0.4 is 10.1 Å². The van der Waals surface area contributed by atoms with Crippen LogP contribution >= 0.6 is 11.6 Å². The molecule has 7 heteroatoms. The zero-order valence-corrected chi connectivity index (χ0v) is 17.9. The third-order valence-electron chi connectivity index (χ3n) is 4.71. The van der Waals surface area contributed by atoms with Crippen molar-refractivity contribution in [2.45, 2.75) is 13.1 Å². The number of benzene rings is 2. The lowest BCUT2D eigenvalue weighted by Gasteiger charge is -2.24. The van der Waals surface area contributed by atoms with E-state index < -0.39 is 0 Å². The van der Waals surface area contributed by atoms with Gasteiger partial charge >= 0.3 is 6.03 Å². The SMILES string of the molecule is COCCN(Cc1cccn1Cc1cccc(Cl)c1)C(=O)Nc1ccc(OC)cc1. The molecule has 3 rings (SSSR count). The van der Waals surface area contributed by atoms with E-state index in [1.165, 1.54) is 0 Å². The summed E-state index contributed by atoms with van der Waals surface area (Å²) in [5.41, 5.74) is 2.83. The quantitative estimate of drug-likeness (QED) is 0.529. The lowest BCUT2D eigenvalue weighted by atomic mass is 10.2. The molecule has 2 amide bonds. The summed E-state index contributed by atoms with van der Waals surface area (Å²) in [5.74, 6) is 0.739. The van der Waals surface area contributed by atoms with Crippen LogP contribution in [-0.2, 0) is 17.8 Å². The number of methoxy groups -OCH3 is 2. The first kappa shape index (κ1) is 21.7. The van der Waals surface area contributed by atoms with Crippen molar-refractivity contribution in [3.63, 3.8) is 0 Å². The number of nitrogens with one attached hydrogen (secondary N) is 1. The number of rotatable bonds is 9. The minimum absolute atomic E-state index is 0.187. The van der Waals surface area contributed by atoms with Crippen molar-refractivity contribution in [2.75, 3.05) is 32.7 Å². The van der Waals surface area contributed by atoms with Crippen molar-refractivity contribution in [3.05, 3.63) is 83.1 Å². The van der Waals surface area contributed by atoms with Gasteiger partial charge in [-0.25, -0.2) is 4.79 Å². The molecule has 30 heavy (non-hydrogen) atoms. The maximum absolute atomic E-state index is 12.9. The second-order valence-electron chi connectivity index (χ2n) is 6.83. The monoisotopic (exact) mass is 427 g/mol. The summed E-state index contributed by atoms with van der Waals surface area (Å²) < 4.78 is 12.5. The Labute approximate surface area is 182 Å². The smallest absolute Gasteiger partial charge is 0.322 e. The van der Waals surface area contributed by atoms with Gasteiger partial charge in [-0.05, 0) is 54.1 Å². The summed E-state index contributed by atoms with van der Waals surface area (Å²) in [5, 5.41) is 3.65. The molecule has 2 aromatic carbocycles. The summed E-state index contributed by atoms with van der Waals surface area (Å²) in [6.07, 6.45) is 2.01. The molecule has 158 valence electrons. The Hall–Kier alpha value is -2.96. The maximum atomic E-state index is 12.9. The van der Waals surface area contributed by atoms with Gasteiger partial charge in [-0.2, -0.15) is 0 Å². The highest BCUT2D eigenvalue weighted by Gasteiger charge is 2.16. The summed E-state index contributed by atoms with van der Waals surface area (Å²) in [6.45, 7) is 2.06. The average molecular weight is 428 g/mol. The molecule has 1 N–H and O–H groups in total. The number of nitrogens with zero attached hydrogens (tertiary/aromatic N) is 2. The predicted octanol–water partition coefficient (Wildman–Crippen LogP) is 4.88. The number of carbonyl (C=O) groups excluding carboxylic acids is 1. The van der Waals surface area contributed by atoms with E-state index in [9.17, 15) is 4.79 Å². The highest BCUT2D eigenvalue weighted by atomic mass is 35.5. The van der Waals surface area contributed by atoms with E-state index in [0.29, 0.717) is 37.0 Å². The van der Waals surface area contributed by atoms with E-state index in [0.717, 1.165) is 17.0 Å². The van der Waals surface area contributed by atoms with E-state index in [1.807, 2.05) is 66.9 Å². The molecule has 0 aliphatic carbocycles. The fraction of sp³-hybridized carbons (Fsp3) is 0.261. The molecule has 0 saturated carbocycles. The fourth-order valence-corrected chi connectivity index (χ4v) is 3.32. The number of anilines is 1. The van der Waals surface area contributed by atoms with Crippen molar-refractivity contribution in [1.29, 1.82) is 0 Å². The van der Waals surface area contributed by atoms with Gasteiger partial charge in [-0.3, -0.25) is 0 Å². The van der Waals surface area contributed by atoms with Crippen molar-refractivity contribution in [1.82, 2.24) is 9.47 Å². The third kappa shape index (κ3) is 6.02. The second-order valence-corrected chi connectivity index (χ2v) is 7.27. The topological polar surface area (TPSA) is 55.7 Å². The number of aromatic nitrogens is 1. The Kier molecular flexibility index (Phi) is 7.76. The van der Waals surface area contributed by atoms with E-state index >= 15 is 0 Å². The number of hydrogen-bond acceptors (Lipinski definition) is 3. The zero-order chi connectivity index (χ0) is 21.3. The molecule has 6 nitrogen and oxygen atoms in total. The van der Waals surface area contributed by atoms with Crippen LogP contribution in [0.1, 0.15) is 11.3 Å². The number of urea groups is 1. The molecule has 0 unspecified atom stereocenters. The molecule has 3 aromatic rings. The Morgan fingerprint density at radius 2 is 1.90 bits per heavy atom. The van der Waals surface area contributed by atoms with Gasteiger partial charge in [-0.1, -0.05) is 23.7 Å². The lowest BCUT2D eigenvalue weighted by Crippen LogP contribution is -2.37. The molecular weight excluding hydrogens is 402 g/mol. The third-order valence-corrected chi connectivity index (χ3v) is 4.95. The Morgan fingerprint density at radius 3 is 2.60 bits per heavy atom. The largest absolute Gasteiger partial charge is 0.497 e. The van der Waals surface area contributed by atoms with Crippen molar-refractivity contribution in [2.24, 2.45) is 0 Å². The van der Waals surface area contributed by atoms with Gasteiger partial charge in [0.25, 0.3) is 0 Å². The van der Waals surface area contributed by atoms with Crippen LogP contribution in [-0.4, -0.2) is 42.9 Å². The first-order valence-corrected chi connectivity index (χ1v) is 10.0. The van der Waals surface area contributed by atoms with E-state index in [2.05, 4.69) is 9.88 Å². The van der Waals surface area contributed by atoms with Gasteiger partial charge in [0.15, 0.2) is 0 Å². The molecule has 1 aromatic heterocycles. The first-order chi connectivity index (χ1) is 14.6. The van der Waals surface area contributed by atoms with E-state index in [4.69, 9.17) is 21.1 Å². The van der Waals surface area contributed by atoms with Crippen molar-refractivity contribution in [3.8, 4) is 5.75 Å². The van der Waals surface area contributed by atoms with Gasteiger partial charge in [0.2, 0.25) is 0 Å². The molecule has 0 saturated heterocycles. The molecule has 1 heterocycles. The molecule has 0 aliphatic heterocycles. The van der Waals surface area contributed by atoms with Crippen LogP contribution in [0.15, 0.2) is 66.9 Å². The molecular formula is C23H26ClN3O3. The summed E-state index contributed by atoms with van der Waals surface area (Å²) in [7, 11) is 3.24. The molecule has 0 fully saturated rings. The van der Waals surface area contributed by atoms with Crippen LogP contribution in [0.4, 0.5) is 10.5 Å². The maximum Gasteiger partial charge on any atom is 0.322 e. The highest BCUT2D eigenvalue weighted by molar-refractivity contribution is 6.30. The Balaban J connectivity index is 1.71. The molecule has 0 atom stereocenters. The zero-order valence-electron chi connectivity index (χ0n) is 17.2. The normalized spacial score (nSPS) is 10.6. The number of ether oxygens (including phenoxy) is 2. The van der Waals surface area contributed by atoms with E-state index in [1.54, 1.807) is 19.1 Å². The highest BCUT2D eigenvalue weighted by Crippen LogP contribution is 2.17. The van der Waals surface area contributed by atoms with E-state index in [-0.39, 0.29) is 6.03 Å². The molecule has 0 radical (unpaired) electrons. The summed E-state index contributed by atoms with van der Waals surface area (Å²) >= 11 is 6.11. The standard InChI is InChI=1S/C23H26ClN3O3/c1-29-14-13-27(23(28)25-20-8-10-22(30-2)11-9-20)17-21-7-4-12-26(21)16-18-5-3-6-19(24)15-18/h3-12,15H,13-14,16-17H2,1-2H3,(H,25,28). The summed E-state index contributed by atoms with van der Waals surface area (Å²) in [6, 6.07) is 18.8. The van der Waals surface area contributed by atoms with Crippen LogP contribution in [0.25, 0.3) is 0 Å². The predicted molar refractivity (Wildman–Crippen MR) is 119 cm³/mol. The van der Waals surface area contributed by atoms with Crippen LogP contribution in [0.2, 0.25) is 5.02 Å². The molecule has 0 bridgehead atoms. The van der Waals surface area contributed by atoms with Gasteiger partial charge < -0.3 is 24.3 Å². The average Bonchev–Trinajstić information content (AvgIpc) is 3.18. The van der Waals surface area contributed by atoms with Gasteiger partial charge in [-0.15, -0.1) is 0 Å². The van der Waals surface area contributed by atoms with Gasteiger partial charge in [0.1, 0.15) is 5.75 Å². The number of halogens is 1. The molecule has 0 spiro atoms. The van der Waals surface area contributed by atoms with Gasteiger partial charge in [0, 0.05) is 42.8 Å². The number of carbonyl (C=O) groups is 1. The van der Waals surface area contributed by atoms with Gasteiger partial charge in [0.05, 0.1) is 20.3 Å².